The molecule has 0 N–H and O–H groups in total. The number of hydrogen-bond donors (Lipinski definition) is 0. The fourth-order valence-electron chi connectivity index (χ4n) is 2.96. The SMILES string of the molecule is Brc1ccc2ccccc2c1-c1cccc2ccccc12. The Morgan fingerprint density at radius 2 is 1.14 bits per heavy atom. The maximum absolute atomic E-state index is 3.74. The van der Waals surface area contributed by atoms with Crippen molar-refractivity contribution in [3.8, 4) is 11.1 Å². The molecular formula is C20H13Br. The van der Waals surface area contributed by atoms with Gasteiger partial charge in [0, 0.05) is 10.0 Å². The highest BCUT2D eigenvalue weighted by Gasteiger charge is 2.10. The lowest BCUT2D eigenvalue weighted by molar-refractivity contribution is 1.65. The second-order valence-corrected chi connectivity index (χ2v) is 6.02. The first-order valence-electron chi connectivity index (χ1n) is 7.00. The van der Waals surface area contributed by atoms with E-state index in [1.54, 1.807) is 0 Å². The molecule has 1 heteroatoms. The van der Waals surface area contributed by atoms with Crippen molar-refractivity contribution in [2.24, 2.45) is 0 Å². The summed E-state index contributed by atoms with van der Waals surface area (Å²) < 4.78 is 1.14. The summed E-state index contributed by atoms with van der Waals surface area (Å²) in [6, 6.07) is 27.9. The zero-order valence-corrected chi connectivity index (χ0v) is 13.0. The monoisotopic (exact) mass is 332 g/mol. The Kier molecular flexibility index (Phi) is 3.01. The first kappa shape index (κ1) is 12.6. The van der Waals surface area contributed by atoms with Crippen LogP contribution in [0.1, 0.15) is 0 Å². The highest BCUT2D eigenvalue weighted by Crippen LogP contribution is 2.38. The summed E-state index contributed by atoms with van der Waals surface area (Å²) in [5.41, 5.74) is 2.54. The summed E-state index contributed by atoms with van der Waals surface area (Å²) in [5.74, 6) is 0. The van der Waals surface area contributed by atoms with Gasteiger partial charge >= 0.3 is 0 Å². The second-order valence-electron chi connectivity index (χ2n) is 5.17. The fourth-order valence-corrected chi connectivity index (χ4v) is 3.52. The van der Waals surface area contributed by atoms with Crippen LogP contribution >= 0.6 is 15.9 Å². The molecule has 0 unspecified atom stereocenters. The van der Waals surface area contributed by atoms with Crippen molar-refractivity contribution in [2.75, 3.05) is 0 Å². The Bertz CT molecular complexity index is 949. The quantitative estimate of drug-likeness (QED) is 0.377. The van der Waals surface area contributed by atoms with Crippen LogP contribution in [0.3, 0.4) is 0 Å². The Morgan fingerprint density at radius 1 is 0.524 bits per heavy atom. The minimum absolute atomic E-state index is 1.14. The molecule has 0 heterocycles. The summed E-state index contributed by atoms with van der Waals surface area (Å²) in [4.78, 5) is 0. The zero-order valence-electron chi connectivity index (χ0n) is 11.4. The highest BCUT2D eigenvalue weighted by molar-refractivity contribution is 9.10. The van der Waals surface area contributed by atoms with Crippen LogP contribution in [0.15, 0.2) is 83.3 Å². The van der Waals surface area contributed by atoms with Gasteiger partial charge in [-0.1, -0.05) is 88.7 Å². The molecule has 0 atom stereocenters. The average Bonchev–Trinajstić information content (AvgIpc) is 2.54. The van der Waals surface area contributed by atoms with Gasteiger partial charge in [-0.25, -0.2) is 0 Å². The van der Waals surface area contributed by atoms with Crippen molar-refractivity contribution >= 4 is 37.5 Å². The van der Waals surface area contributed by atoms with Crippen molar-refractivity contribution in [3.05, 3.63) is 83.3 Å². The van der Waals surface area contributed by atoms with Crippen LogP contribution < -0.4 is 0 Å². The van der Waals surface area contributed by atoms with Gasteiger partial charge in [-0.2, -0.15) is 0 Å². The van der Waals surface area contributed by atoms with Gasteiger partial charge in [-0.05, 0) is 33.2 Å². The molecule has 0 saturated heterocycles. The zero-order chi connectivity index (χ0) is 14.2. The summed E-state index contributed by atoms with van der Waals surface area (Å²) in [6.07, 6.45) is 0. The molecule has 0 nitrogen and oxygen atoms in total. The smallest absolute Gasteiger partial charge is 0.0260 e. The maximum Gasteiger partial charge on any atom is 0.0260 e. The van der Waals surface area contributed by atoms with Gasteiger partial charge in [0.1, 0.15) is 0 Å². The van der Waals surface area contributed by atoms with E-state index < -0.39 is 0 Å². The third-order valence-electron chi connectivity index (χ3n) is 3.94. The molecule has 0 aliphatic carbocycles. The lowest BCUT2D eigenvalue weighted by Crippen LogP contribution is -1.85. The predicted octanol–water partition coefficient (Wildman–Crippen LogP) is 6.42. The molecule has 21 heavy (non-hydrogen) atoms. The molecular weight excluding hydrogens is 320 g/mol. The van der Waals surface area contributed by atoms with Crippen LogP contribution in [0.2, 0.25) is 0 Å². The minimum Gasteiger partial charge on any atom is -0.0616 e. The summed E-state index contributed by atoms with van der Waals surface area (Å²) in [5, 5.41) is 5.11. The molecule has 0 spiro atoms. The van der Waals surface area contributed by atoms with E-state index in [4.69, 9.17) is 0 Å². The van der Waals surface area contributed by atoms with Crippen molar-refractivity contribution in [1.29, 1.82) is 0 Å². The summed E-state index contributed by atoms with van der Waals surface area (Å²) in [7, 11) is 0. The number of rotatable bonds is 1. The molecule has 4 aromatic rings. The highest BCUT2D eigenvalue weighted by atomic mass is 79.9. The van der Waals surface area contributed by atoms with E-state index in [9.17, 15) is 0 Å². The van der Waals surface area contributed by atoms with E-state index in [1.807, 2.05) is 0 Å². The number of halogens is 1. The Labute approximate surface area is 132 Å². The molecule has 0 fully saturated rings. The fraction of sp³-hybridized carbons (Fsp3) is 0. The van der Waals surface area contributed by atoms with Crippen LogP contribution in [-0.2, 0) is 0 Å². The number of fused-ring (bicyclic) bond motifs is 2. The number of hydrogen-bond acceptors (Lipinski definition) is 0. The molecule has 4 aromatic carbocycles. The normalized spacial score (nSPS) is 11.1. The van der Waals surface area contributed by atoms with Gasteiger partial charge in [0.25, 0.3) is 0 Å². The second kappa shape index (κ2) is 5.01. The van der Waals surface area contributed by atoms with Gasteiger partial charge in [-0.3, -0.25) is 0 Å². The van der Waals surface area contributed by atoms with Gasteiger partial charge in [0.15, 0.2) is 0 Å². The largest absolute Gasteiger partial charge is 0.0616 e. The van der Waals surface area contributed by atoms with Crippen LogP contribution in [0, 0.1) is 0 Å². The molecule has 0 aliphatic heterocycles. The Balaban J connectivity index is 2.16. The van der Waals surface area contributed by atoms with Crippen molar-refractivity contribution in [1.82, 2.24) is 0 Å². The van der Waals surface area contributed by atoms with Crippen LogP contribution in [0.5, 0.6) is 0 Å². The van der Waals surface area contributed by atoms with Crippen LogP contribution in [-0.4, -0.2) is 0 Å². The van der Waals surface area contributed by atoms with Crippen molar-refractivity contribution < 1.29 is 0 Å². The molecule has 4 rings (SSSR count). The number of benzene rings is 4. The molecule has 0 aliphatic rings. The maximum atomic E-state index is 3.74. The summed E-state index contributed by atoms with van der Waals surface area (Å²) in [6.45, 7) is 0. The van der Waals surface area contributed by atoms with Crippen LogP contribution in [0.25, 0.3) is 32.7 Å². The molecule has 0 saturated carbocycles. The molecule has 100 valence electrons. The lowest BCUT2D eigenvalue weighted by Gasteiger charge is -2.12. The van der Waals surface area contributed by atoms with Crippen LogP contribution in [0.4, 0.5) is 0 Å². The van der Waals surface area contributed by atoms with E-state index in [2.05, 4.69) is 94.8 Å². The van der Waals surface area contributed by atoms with Gasteiger partial charge in [-0.15, -0.1) is 0 Å². The van der Waals surface area contributed by atoms with Gasteiger partial charge in [0.2, 0.25) is 0 Å². The topological polar surface area (TPSA) is 0 Å². The predicted molar refractivity (Wildman–Crippen MR) is 94.6 cm³/mol. The van der Waals surface area contributed by atoms with E-state index in [1.165, 1.54) is 32.7 Å². The molecule has 0 bridgehead atoms. The Hall–Kier alpha value is -2.12. The van der Waals surface area contributed by atoms with E-state index in [0.717, 1.165) is 4.47 Å². The van der Waals surface area contributed by atoms with Crippen molar-refractivity contribution in [2.45, 2.75) is 0 Å². The Morgan fingerprint density at radius 3 is 1.95 bits per heavy atom. The van der Waals surface area contributed by atoms with Gasteiger partial charge < -0.3 is 0 Å². The molecule has 0 aromatic heterocycles. The molecule has 0 radical (unpaired) electrons. The lowest BCUT2D eigenvalue weighted by atomic mass is 9.94. The molecule has 0 amide bonds. The van der Waals surface area contributed by atoms with Gasteiger partial charge in [0.05, 0.1) is 0 Å². The summed E-state index contributed by atoms with van der Waals surface area (Å²) >= 11 is 3.74. The third kappa shape index (κ3) is 2.05. The standard InChI is InChI=1S/C20H13Br/c21-19-13-12-15-7-2-4-10-17(15)20(19)18-11-5-8-14-6-1-3-9-16(14)18/h1-13H. The van der Waals surface area contributed by atoms with Crippen molar-refractivity contribution in [3.63, 3.8) is 0 Å². The minimum atomic E-state index is 1.14. The first-order valence-corrected chi connectivity index (χ1v) is 7.79. The van der Waals surface area contributed by atoms with E-state index in [-0.39, 0.29) is 0 Å². The average molecular weight is 333 g/mol. The van der Waals surface area contributed by atoms with E-state index >= 15 is 0 Å². The van der Waals surface area contributed by atoms with E-state index in [0.29, 0.717) is 0 Å². The third-order valence-corrected chi connectivity index (χ3v) is 4.60. The first-order chi connectivity index (χ1) is 10.3.